The Morgan fingerprint density at radius 1 is 1.36 bits per heavy atom. The monoisotopic (exact) mass is 496 g/mol. The number of pyridine rings is 2. The molecule has 0 N–H and O–H groups in total. The van der Waals surface area contributed by atoms with E-state index in [1.807, 2.05) is 0 Å². The zero-order chi connectivity index (χ0) is 24.0. The maximum Gasteiger partial charge on any atom is 0.355 e. The molecule has 0 bridgehead atoms. The van der Waals surface area contributed by atoms with Gasteiger partial charge in [-0.2, -0.15) is 14.0 Å². The zero-order valence-corrected chi connectivity index (χ0v) is 19.1. The first-order valence-electron chi connectivity index (χ1n) is 10.2. The average Bonchev–Trinajstić information content (AvgIpc) is 3.58. The topological polar surface area (TPSA) is 113 Å². The molecule has 2 aromatic heterocycles. The van der Waals surface area contributed by atoms with Gasteiger partial charge in [0.1, 0.15) is 4.90 Å². The molecule has 33 heavy (non-hydrogen) atoms. The van der Waals surface area contributed by atoms with Gasteiger partial charge in [0.05, 0.1) is 28.5 Å². The number of anilines is 1. The van der Waals surface area contributed by atoms with Gasteiger partial charge < -0.3 is 4.74 Å². The minimum absolute atomic E-state index is 0.00732. The summed E-state index contributed by atoms with van der Waals surface area (Å²) in [6, 6.07) is 6.32. The van der Waals surface area contributed by atoms with Crippen LogP contribution in [0.4, 0.5) is 14.6 Å². The molecule has 8 nitrogen and oxygen atoms in total. The minimum Gasteiger partial charge on any atom is -0.470 e. The van der Waals surface area contributed by atoms with E-state index in [4.69, 9.17) is 16.3 Å². The number of amides is 1. The molecule has 12 heteroatoms. The molecule has 0 aromatic carbocycles. The highest BCUT2D eigenvalue weighted by atomic mass is 35.5. The highest BCUT2D eigenvalue weighted by Gasteiger charge is 2.46. The predicted octanol–water partition coefficient (Wildman–Crippen LogP) is 3.24. The van der Waals surface area contributed by atoms with Gasteiger partial charge in [0.2, 0.25) is 5.88 Å². The fraction of sp³-hybridized carbons (Fsp3) is 0.429. The number of sulfone groups is 1. The number of nitriles is 1. The second-order valence-electron chi connectivity index (χ2n) is 7.90. The van der Waals surface area contributed by atoms with E-state index in [0.717, 1.165) is 0 Å². The van der Waals surface area contributed by atoms with Gasteiger partial charge in [0.15, 0.2) is 22.3 Å². The first kappa shape index (κ1) is 23.3. The van der Waals surface area contributed by atoms with Gasteiger partial charge in [-0.1, -0.05) is 6.92 Å². The summed E-state index contributed by atoms with van der Waals surface area (Å²) >= 11 is 4.83. The molecule has 0 saturated heterocycles. The third-order valence-corrected chi connectivity index (χ3v) is 7.54. The molecule has 0 spiro atoms. The highest BCUT2D eigenvalue weighted by molar-refractivity contribution is 7.91. The van der Waals surface area contributed by atoms with E-state index in [9.17, 15) is 27.3 Å². The average molecular weight is 497 g/mol. The molecule has 1 amide bonds. The van der Waals surface area contributed by atoms with E-state index >= 15 is 0 Å². The fourth-order valence-corrected chi connectivity index (χ4v) is 4.76. The van der Waals surface area contributed by atoms with Crippen molar-refractivity contribution >= 4 is 33.2 Å². The molecule has 0 radical (unpaired) electrons. The predicted molar refractivity (Wildman–Crippen MR) is 114 cm³/mol. The van der Waals surface area contributed by atoms with Crippen molar-refractivity contribution in [3.05, 3.63) is 41.2 Å². The summed E-state index contributed by atoms with van der Waals surface area (Å²) in [4.78, 5) is 22.8. The van der Waals surface area contributed by atoms with E-state index in [1.165, 1.54) is 36.2 Å². The van der Waals surface area contributed by atoms with Crippen molar-refractivity contribution in [1.82, 2.24) is 9.97 Å². The SMILES string of the molecule is CCS(=O)(=O)c1cc(C2(C#N)CC2)cnc1N1CCc2nc(OCC(F)(F)Cl)ccc2C1=O. The lowest BCUT2D eigenvalue weighted by molar-refractivity contribution is 0.0373. The standard InChI is InChI=1S/C21H19ClF2N4O4S/c1-2-33(30,31)16-9-13(20(11-25)6-7-20)10-26-18(16)28-8-5-15-14(19(28)29)3-4-17(27-15)32-12-21(22,23)24/h3-4,9-10H,2,5-8,12H2,1H3. The maximum absolute atomic E-state index is 13.2. The van der Waals surface area contributed by atoms with E-state index in [-0.39, 0.29) is 40.9 Å². The summed E-state index contributed by atoms with van der Waals surface area (Å²) in [6.45, 7) is 0.501. The lowest BCUT2D eigenvalue weighted by atomic mass is 9.99. The Balaban J connectivity index is 1.68. The Kier molecular flexibility index (Phi) is 5.78. The molecule has 0 atom stereocenters. The number of nitrogens with zero attached hydrogens (tertiary/aromatic N) is 4. The van der Waals surface area contributed by atoms with E-state index in [0.29, 0.717) is 24.1 Å². The lowest BCUT2D eigenvalue weighted by Gasteiger charge is -2.29. The largest absolute Gasteiger partial charge is 0.470 e. The number of halogens is 3. The Morgan fingerprint density at radius 2 is 2.09 bits per heavy atom. The second kappa shape index (κ2) is 8.18. The van der Waals surface area contributed by atoms with Crippen LogP contribution in [0.2, 0.25) is 0 Å². The summed E-state index contributed by atoms with van der Waals surface area (Å²) < 4.78 is 56.2. The number of hydrogen-bond donors (Lipinski definition) is 0. The summed E-state index contributed by atoms with van der Waals surface area (Å²) in [5.41, 5.74) is 0.310. The molecule has 4 rings (SSSR count). The molecular formula is C21H19ClF2N4O4S. The van der Waals surface area contributed by atoms with Crippen LogP contribution in [-0.2, 0) is 21.7 Å². The van der Waals surface area contributed by atoms with Gasteiger partial charge in [-0.15, -0.1) is 0 Å². The van der Waals surface area contributed by atoms with Gasteiger partial charge in [-0.3, -0.25) is 9.69 Å². The molecule has 1 saturated carbocycles. The molecule has 1 fully saturated rings. The fourth-order valence-electron chi connectivity index (χ4n) is 3.65. The van der Waals surface area contributed by atoms with Crippen LogP contribution in [0.1, 0.15) is 41.4 Å². The number of carbonyl (C=O) groups excluding carboxylic acids is 1. The van der Waals surface area contributed by atoms with Crippen molar-refractivity contribution in [3.63, 3.8) is 0 Å². The maximum atomic E-state index is 13.2. The van der Waals surface area contributed by atoms with Crippen LogP contribution >= 0.6 is 11.6 Å². The molecule has 3 heterocycles. The molecule has 2 aromatic rings. The number of rotatable bonds is 7. The van der Waals surface area contributed by atoms with Crippen LogP contribution < -0.4 is 9.64 Å². The van der Waals surface area contributed by atoms with Gasteiger partial charge in [-0.25, -0.2) is 18.4 Å². The van der Waals surface area contributed by atoms with Crippen molar-refractivity contribution in [3.8, 4) is 11.9 Å². The minimum atomic E-state index is -3.76. The smallest absolute Gasteiger partial charge is 0.355 e. The summed E-state index contributed by atoms with van der Waals surface area (Å²) in [5.74, 6) is -0.825. The van der Waals surface area contributed by atoms with Crippen molar-refractivity contribution in [1.29, 1.82) is 5.26 Å². The summed E-state index contributed by atoms with van der Waals surface area (Å²) in [6.07, 6.45) is 2.92. The Hall–Kier alpha value is -2.84. The van der Waals surface area contributed by atoms with Crippen molar-refractivity contribution in [2.45, 2.75) is 41.9 Å². The van der Waals surface area contributed by atoms with Gasteiger partial charge in [0.25, 0.3) is 5.91 Å². The van der Waals surface area contributed by atoms with Crippen LogP contribution in [-0.4, -0.2) is 48.6 Å². The second-order valence-corrected chi connectivity index (χ2v) is 10.7. The molecule has 1 aliphatic heterocycles. The number of fused-ring (bicyclic) bond motifs is 1. The third-order valence-electron chi connectivity index (χ3n) is 5.70. The van der Waals surface area contributed by atoms with E-state index in [1.54, 1.807) is 0 Å². The number of carbonyl (C=O) groups is 1. The van der Waals surface area contributed by atoms with Crippen LogP contribution in [0.3, 0.4) is 0 Å². The zero-order valence-electron chi connectivity index (χ0n) is 17.5. The molecule has 0 unspecified atom stereocenters. The Labute approximate surface area is 194 Å². The van der Waals surface area contributed by atoms with E-state index < -0.39 is 33.1 Å². The van der Waals surface area contributed by atoms with Gasteiger partial charge in [0, 0.05) is 25.2 Å². The van der Waals surface area contributed by atoms with Crippen molar-refractivity contribution in [2.75, 3.05) is 23.8 Å². The van der Waals surface area contributed by atoms with Crippen LogP contribution in [0.15, 0.2) is 29.3 Å². The van der Waals surface area contributed by atoms with Crippen LogP contribution in [0, 0.1) is 11.3 Å². The number of hydrogen-bond acceptors (Lipinski definition) is 7. The lowest BCUT2D eigenvalue weighted by Crippen LogP contribution is -2.39. The quantitative estimate of drug-likeness (QED) is 0.540. The Bertz CT molecular complexity index is 1270. The normalized spacial score (nSPS) is 17.3. The molecule has 174 valence electrons. The van der Waals surface area contributed by atoms with Crippen molar-refractivity contribution in [2.24, 2.45) is 0 Å². The first-order chi connectivity index (χ1) is 15.5. The number of ether oxygens (including phenoxy) is 1. The molecular weight excluding hydrogens is 478 g/mol. The number of alkyl halides is 3. The van der Waals surface area contributed by atoms with Gasteiger partial charge in [-0.05, 0) is 42.1 Å². The number of aromatic nitrogens is 2. The summed E-state index contributed by atoms with van der Waals surface area (Å²) in [7, 11) is -3.76. The third kappa shape index (κ3) is 4.50. The van der Waals surface area contributed by atoms with Crippen LogP contribution in [0.25, 0.3) is 0 Å². The Morgan fingerprint density at radius 3 is 2.70 bits per heavy atom. The molecule has 1 aliphatic carbocycles. The van der Waals surface area contributed by atoms with Gasteiger partial charge >= 0.3 is 5.38 Å². The van der Waals surface area contributed by atoms with Crippen LogP contribution in [0.5, 0.6) is 5.88 Å². The molecule has 2 aliphatic rings. The highest BCUT2D eigenvalue weighted by Crippen LogP contribution is 2.48. The van der Waals surface area contributed by atoms with Crippen molar-refractivity contribution < 1.29 is 26.7 Å². The van der Waals surface area contributed by atoms with E-state index in [2.05, 4.69) is 16.0 Å². The summed E-state index contributed by atoms with van der Waals surface area (Å²) in [5, 5.41) is 5.93. The first-order valence-corrected chi connectivity index (χ1v) is 12.2.